The van der Waals surface area contributed by atoms with Gasteiger partial charge in [-0.15, -0.1) is 0 Å². The average molecular weight is 719 g/mol. The molecule has 0 bridgehead atoms. The molecule has 3 unspecified atom stereocenters. The maximum Gasteiger partial charge on any atom is 0.129 e. The third-order valence-electron chi connectivity index (χ3n) is 10.9. The van der Waals surface area contributed by atoms with Crippen molar-refractivity contribution in [2.24, 2.45) is 9.98 Å². The van der Waals surface area contributed by atoms with Crippen molar-refractivity contribution in [1.82, 2.24) is 9.97 Å². The van der Waals surface area contributed by atoms with Crippen LogP contribution in [0.25, 0.3) is 33.2 Å². The Labute approximate surface area is 326 Å². The summed E-state index contributed by atoms with van der Waals surface area (Å²) in [6.07, 6.45) is 19.9. The van der Waals surface area contributed by atoms with Crippen LogP contribution in [0.2, 0.25) is 0 Å². The Bertz CT molecular complexity index is 2520. The quantitative estimate of drug-likeness (QED) is 0.0613. The van der Waals surface area contributed by atoms with Gasteiger partial charge in [-0.2, -0.15) is 0 Å². The Balaban J connectivity index is 1.22. The highest BCUT2D eigenvalue weighted by molar-refractivity contribution is 6.15. The maximum absolute atomic E-state index is 5.18. The number of benzene rings is 4. The van der Waals surface area contributed by atoms with Gasteiger partial charge in [0.05, 0.1) is 11.8 Å². The lowest BCUT2D eigenvalue weighted by Gasteiger charge is -2.26. The average Bonchev–Trinajstić information content (AvgIpc) is 3.20. The molecule has 0 N–H and O–H groups in total. The van der Waals surface area contributed by atoms with Gasteiger partial charge in [-0.3, -0.25) is 15.0 Å². The molecule has 4 heteroatoms. The van der Waals surface area contributed by atoms with E-state index < -0.39 is 0 Å². The first-order valence-corrected chi connectivity index (χ1v) is 19.4. The summed E-state index contributed by atoms with van der Waals surface area (Å²) in [6, 6.07) is 30.5. The Morgan fingerprint density at radius 3 is 2.31 bits per heavy atom. The fourth-order valence-electron chi connectivity index (χ4n) is 8.13. The molecule has 3 atom stereocenters. The van der Waals surface area contributed by atoms with Gasteiger partial charge in [-0.25, -0.2) is 4.99 Å². The van der Waals surface area contributed by atoms with Crippen LogP contribution in [-0.4, -0.2) is 21.5 Å². The second-order valence-corrected chi connectivity index (χ2v) is 14.9. The van der Waals surface area contributed by atoms with E-state index >= 15 is 0 Å². The first kappa shape index (κ1) is 37.3. The summed E-state index contributed by atoms with van der Waals surface area (Å²) in [7, 11) is 0. The van der Waals surface area contributed by atoms with Crippen molar-refractivity contribution in [2.45, 2.75) is 72.3 Å². The number of aromatic nitrogens is 2. The predicted molar refractivity (Wildman–Crippen MR) is 235 cm³/mol. The largest absolute Gasteiger partial charge is 0.265 e. The van der Waals surface area contributed by atoms with E-state index in [4.69, 9.17) is 9.98 Å². The molecule has 1 aliphatic carbocycles. The van der Waals surface area contributed by atoms with Crippen LogP contribution in [0.4, 0.5) is 0 Å². The lowest BCUT2D eigenvalue weighted by atomic mass is 9.78. The lowest BCUT2D eigenvalue weighted by molar-refractivity contribution is 0.750. The number of aliphatic imine (C=N–C) groups is 2. The van der Waals surface area contributed by atoms with E-state index in [9.17, 15) is 0 Å². The summed E-state index contributed by atoms with van der Waals surface area (Å²) >= 11 is 0. The highest BCUT2D eigenvalue weighted by Gasteiger charge is 2.22. The van der Waals surface area contributed by atoms with Gasteiger partial charge < -0.3 is 0 Å². The minimum atomic E-state index is -0.0935. The molecule has 2 aromatic heterocycles. The Morgan fingerprint density at radius 2 is 1.56 bits per heavy atom. The van der Waals surface area contributed by atoms with Gasteiger partial charge in [0.15, 0.2) is 0 Å². The van der Waals surface area contributed by atoms with E-state index in [0.717, 1.165) is 29.1 Å². The number of hydrogen-bond acceptors (Lipinski definition) is 3. The molecule has 0 aliphatic heterocycles. The van der Waals surface area contributed by atoms with Crippen molar-refractivity contribution in [2.75, 3.05) is 0 Å². The maximum atomic E-state index is 5.18. The molecule has 4 aromatic carbocycles. The Hall–Kier alpha value is -6.00. The highest BCUT2D eigenvalue weighted by atomic mass is 14.9. The molecule has 0 spiro atoms. The van der Waals surface area contributed by atoms with E-state index in [1.807, 2.05) is 36.7 Å². The van der Waals surface area contributed by atoms with Crippen LogP contribution < -0.4 is 0 Å². The number of allylic oxidation sites excluding steroid dienone is 6. The van der Waals surface area contributed by atoms with Crippen LogP contribution in [0.3, 0.4) is 0 Å². The van der Waals surface area contributed by atoms with Crippen molar-refractivity contribution in [1.29, 1.82) is 0 Å². The number of nitrogens with zero attached hydrogens (tertiary/aromatic N) is 4. The van der Waals surface area contributed by atoms with Gasteiger partial charge in [-0.05, 0) is 143 Å². The molecular formula is C51H50N4. The van der Waals surface area contributed by atoms with E-state index in [1.54, 1.807) is 18.5 Å². The molecule has 55 heavy (non-hydrogen) atoms. The van der Waals surface area contributed by atoms with Crippen molar-refractivity contribution >= 4 is 44.7 Å². The van der Waals surface area contributed by atoms with Gasteiger partial charge in [0.2, 0.25) is 0 Å². The number of aryl methyl sites for hydroxylation is 1. The number of fused-ring (bicyclic) bond motifs is 6. The van der Waals surface area contributed by atoms with E-state index in [1.165, 1.54) is 66.1 Å². The SMILES string of the molecule is C=CC(=NC(Cc1ccccc1C(C)/C=C\C(=C/C)c1ccc2c3c(c4cc(C)ccc4c2c1)C(C)CC(C)=C3)=NC(C)c1ccncc1)c1ccncc1. The Kier molecular flexibility index (Phi) is 11.2. The lowest BCUT2D eigenvalue weighted by Crippen LogP contribution is -2.10. The topological polar surface area (TPSA) is 50.5 Å². The fourth-order valence-corrected chi connectivity index (χ4v) is 8.13. The molecule has 0 saturated heterocycles. The highest BCUT2D eigenvalue weighted by Crippen LogP contribution is 2.44. The molecule has 274 valence electrons. The van der Waals surface area contributed by atoms with Crippen LogP contribution in [0.5, 0.6) is 0 Å². The first-order chi connectivity index (χ1) is 26.7. The summed E-state index contributed by atoms with van der Waals surface area (Å²) in [6.45, 7) is 17.4. The molecule has 0 fully saturated rings. The smallest absolute Gasteiger partial charge is 0.129 e. The van der Waals surface area contributed by atoms with Gasteiger partial charge in [0, 0.05) is 36.8 Å². The zero-order valence-electron chi connectivity index (χ0n) is 32.9. The second kappa shape index (κ2) is 16.6. The number of amidine groups is 1. The van der Waals surface area contributed by atoms with Gasteiger partial charge in [0.25, 0.3) is 0 Å². The molecule has 4 nitrogen and oxygen atoms in total. The summed E-state index contributed by atoms with van der Waals surface area (Å²) < 4.78 is 0. The molecule has 2 heterocycles. The number of rotatable bonds is 10. The van der Waals surface area contributed by atoms with Crippen molar-refractivity contribution in [3.05, 3.63) is 191 Å². The molecule has 0 saturated carbocycles. The molecule has 0 amide bonds. The fraction of sp³-hybridized carbons (Fsp3) is 0.216. The van der Waals surface area contributed by atoms with E-state index in [0.29, 0.717) is 12.3 Å². The minimum Gasteiger partial charge on any atom is -0.265 e. The third kappa shape index (κ3) is 8.10. The predicted octanol–water partition coefficient (Wildman–Crippen LogP) is 13.1. The van der Waals surface area contributed by atoms with Crippen LogP contribution in [0, 0.1) is 6.92 Å². The normalized spacial score (nSPS) is 16.3. The van der Waals surface area contributed by atoms with Gasteiger partial charge >= 0.3 is 0 Å². The van der Waals surface area contributed by atoms with Crippen LogP contribution in [0.15, 0.2) is 156 Å². The van der Waals surface area contributed by atoms with Gasteiger partial charge in [-0.1, -0.05) is 110 Å². The zero-order valence-corrected chi connectivity index (χ0v) is 32.9. The van der Waals surface area contributed by atoms with Crippen LogP contribution in [0.1, 0.15) is 103 Å². The summed E-state index contributed by atoms with van der Waals surface area (Å²) in [5.74, 6) is 1.39. The van der Waals surface area contributed by atoms with Gasteiger partial charge in [0.1, 0.15) is 5.84 Å². The second-order valence-electron chi connectivity index (χ2n) is 14.9. The molecule has 6 aromatic rings. The number of hydrogen-bond donors (Lipinski definition) is 0. The van der Waals surface area contributed by atoms with Crippen LogP contribution in [-0.2, 0) is 6.42 Å². The summed E-state index contributed by atoms with van der Waals surface area (Å²) in [5, 5.41) is 5.38. The molecule has 1 aliphatic rings. The van der Waals surface area contributed by atoms with Crippen LogP contribution >= 0.6 is 0 Å². The molecular weight excluding hydrogens is 669 g/mol. The minimum absolute atomic E-state index is 0.0935. The summed E-state index contributed by atoms with van der Waals surface area (Å²) in [4.78, 5) is 18.7. The third-order valence-corrected chi connectivity index (χ3v) is 10.9. The first-order valence-electron chi connectivity index (χ1n) is 19.4. The monoisotopic (exact) mass is 718 g/mol. The zero-order chi connectivity index (χ0) is 38.5. The standard InChI is InChI=1S/C51H50N4/c1-8-38(41-17-19-45-46(31-41)44-18-14-33(3)29-47(44)51-36(6)28-34(4)30-48(45)51)16-15-35(5)43-13-11-10-12-42(43)32-50(54-37(7)39-20-24-52-25-21-39)55-49(9-2)40-22-26-53-27-23-40/h8-27,29-31,35-37H,2,28,32H2,1,3-7H3/b16-15-,38-8+,54-50?,55-49?. The molecule has 0 radical (unpaired) electrons. The number of pyridine rings is 2. The van der Waals surface area contributed by atoms with E-state index in [2.05, 4.69) is 143 Å². The Morgan fingerprint density at radius 1 is 0.836 bits per heavy atom. The van der Waals surface area contributed by atoms with Crippen molar-refractivity contribution < 1.29 is 0 Å². The van der Waals surface area contributed by atoms with Crippen molar-refractivity contribution in [3.63, 3.8) is 0 Å². The van der Waals surface area contributed by atoms with E-state index in [-0.39, 0.29) is 12.0 Å². The van der Waals surface area contributed by atoms with Crippen molar-refractivity contribution in [3.8, 4) is 0 Å². The summed E-state index contributed by atoms with van der Waals surface area (Å²) in [5.41, 5.74) is 13.3. The molecule has 7 rings (SSSR count).